The van der Waals surface area contributed by atoms with Crippen molar-refractivity contribution in [2.24, 2.45) is 5.92 Å². The van der Waals surface area contributed by atoms with E-state index in [9.17, 15) is 0 Å². The third-order valence-electron chi connectivity index (χ3n) is 1.09. The molecule has 1 atom stereocenters. The molecule has 0 saturated heterocycles. The predicted octanol–water partition coefficient (Wildman–Crippen LogP) is 1.62. The van der Waals surface area contributed by atoms with Crippen LogP contribution in [0.5, 0.6) is 0 Å². The Kier molecular flexibility index (Phi) is 0.640. The van der Waals surface area contributed by atoms with Crippen molar-refractivity contribution in [3.8, 4) is 0 Å². The lowest BCUT2D eigenvalue weighted by Gasteiger charge is -1.72. The highest BCUT2D eigenvalue weighted by molar-refractivity contribution is 4.92. The average molecular weight is 69.1 g/mol. The van der Waals surface area contributed by atoms with Crippen molar-refractivity contribution < 1.29 is 0 Å². The van der Waals surface area contributed by atoms with Crippen molar-refractivity contribution in [3.63, 3.8) is 0 Å². The molecule has 0 heterocycles. The Bertz CT molecular complexity index is 27.0. The topological polar surface area (TPSA) is 0 Å². The minimum Gasteiger partial charge on any atom is -0.0651 e. The van der Waals surface area contributed by atoms with Crippen LogP contribution in [0.15, 0.2) is 0 Å². The maximum absolute atomic E-state index is 2.35. The van der Waals surface area contributed by atoms with Gasteiger partial charge in [0, 0.05) is 0 Å². The van der Waals surface area contributed by atoms with Crippen LogP contribution in [0, 0.1) is 12.3 Å². The molecule has 1 saturated carbocycles. The SMILES string of the molecule is CCC1[CH]C1. The van der Waals surface area contributed by atoms with Gasteiger partial charge in [-0.05, 0) is 18.8 Å². The molecule has 1 radical (unpaired) electrons. The first-order valence-corrected chi connectivity index (χ1v) is 2.27. The summed E-state index contributed by atoms with van der Waals surface area (Å²) in [6.07, 6.45) is 5.09. The van der Waals surface area contributed by atoms with E-state index < -0.39 is 0 Å². The summed E-state index contributed by atoms with van der Waals surface area (Å²) in [7, 11) is 0. The molecular weight excluding hydrogens is 60.1 g/mol. The molecule has 0 nitrogen and oxygen atoms in total. The highest BCUT2D eigenvalue weighted by atomic mass is 14.2. The molecule has 0 aromatic carbocycles. The van der Waals surface area contributed by atoms with Crippen molar-refractivity contribution in [3.05, 3.63) is 6.42 Å². The summed E-state index contributed by atoms with van der Waals surface area (Å²) in [5.41, 5.74) is 0. The molecule has 0 spiro atoms. The van der Waals surface area contributed by atoms with Crippen molar-refractivity contribution in [2.45, 2.75) is 19.8 Å². The van der Waals surface area contributed by atoms with E-state index in [1.165, 1.54) is 12.8 Å². The summed E-state index contributed by atoms with van der Waals surface area (Å²) >= 11 is 0. The van der Waals surface area contributed by atoms with Crippen LogP contribution < -0.4 is 0 Å². The van der Waals surface area contributed by atoms with Crippen molar-refractivity contribution >= 4 is 0 Å². The minimum absolute atomic E-state index is 1.01. The van der Waals surface area contributed by atoms with Gasteiger partial charge >= 0.3 is 0 Å². The Morgan fingerprint density at radius 2 is 2.60 bits per heavy atom. The highest BCUT2D eigenvalue weighted by Gasteiger charge is 2.17. The molecule has 0 aliphatic heterocycles. The molecule has 0 bridgehead atoms. The van der Waals surface area contributed by atoms with E-state index in [0.717, 1.165) is 5.92 Å². The molecule has 1 aliphatic carbocycles. The smallest absolute Gasteiger partial charge is 0.0352 e. The largest absolute Gasteiger partial charge is 0.0651 e. The first-order chi connectivity index (χ1) is 2.43. The zero-order valence-corrected chi connectivity index (χ0v) is 3.57. The molecule has 1 unspecified atom stereocenters. The molecule has 0 aromatic rings. The zero-order valence-electron chi connectivity index (χ0n) is 3.57. The van der Waals surface area contributed by atoms with Crippen LogP contribution in [0.3, 0.4) is 0 Å². The van der Waals surface area contributed by atoms with Crippen molar-refractivity contribution in [1.82, 2.24) is 0 Å². The van der Waals surface area contributed by atoms with Gasteiger partial charge in [0.05, 0.1) is 0 Å². The third-order valence-corrected chi connectivity index (χ3v) is 1.09. The minimum atomic E-state index is 1.01. The van der Waals surface area contributed by atoms with Crippen LogP contribution in [0.1, 0.15) is 19.8 Å². The molecule has 0 amide bonds. The Morgan fingerprint density at radius 1 is 2.00 bits per heavy atom. The van der Waals surface area contributed by atoms with Gasteiger partial charge < -0.3 is 0 Å². The fraction of sp³-hybridized carbons (Fsp3) is 0.800. The van der Waals surface area contributed by atoms with Gasteiger partial charge in [-0.3, -0.25) is 0 Å². The van der Waals surface area contributed by atoms with Gasteiger partial charge in [0.15, 0.2) is 0 Å². The van der Waals surface area contributed by atoms with Gasteiger partial charge in [-0.25, -0.2) is 0 Å². The molecule has 1 rings (SSSR count). The van der Waals surface area contributed by atoms with Crippen LogP contribution >= 0.6 is 0 Å². The normalized spacial score (nSPS) is 23.4. The Balaban J connectivity index is 2.00. The van der Waals surface area contributed by atoms with Crippen LogP contribution in [-0.2, 0) is 0 Å². The molecule has 1 aliphatic rings. The summed E-state index contributed by atoms with van der Waals surface area (Å²) in [5, 5.41) is 0. The van der Waals surface area contributed by atoms with Crippen LogP contribution in [-0.4, -0.2) is 0 Å². The number of hydrogen-bond acceptors (Lipinski definition) is 0. The molecule has 29 valence electrons. The van der Waals surface area contributed by atoms with Crippen LogP contribution in [0.4, 0.5) is 0 Å². The Hall–Kier alpha value is 0. The second-order valence-electron chi connectivity index (χ2n) is 1.64. The van der Waals surface area contributed by atoms with Crippen LogP contribution in [0.2, 0.25) is 0 Å². The van der Waals surface area contributed by atoms with E-state index in [1.807, 2.05) is 0 Å². The second-order valence-corrected chi connectivity index (χ2v) is 1.64. The van der Waals surface area contributed by atoms with E-state index in [-0.39, 0.29) is 0 Å². The first kappa shape index (κ1) is 3.20. The summed E-state index contributed by atoms with van der Waals surface area (Å²) in [4.78, 5) is 0. The van der Waals surface area contributed by atoms with Gasteiger partial charge in [0.25, 0.3) is 0 Å². The monoisotopic (exact) mass is 69.1 g/mol. The number of rotatable bonds is 1. The molecule has 0 N–H and O–H groups in total. The first-order valence-electron chi connectivity index (χ1n) is 2.27. The fourth-order valence-corrected chi connectivity index (χ4v) is 0.430. The summed E-state index contributed by atoms with van der Waals surface area (Å²) in [6.45, 7) is 2.23. The van der Waals surface area contributed by atoms with Gasteiger partial charge in [0.2, 0.25) is 0 Å². The van der Waals surface area contributed by atoms with E-state index in [4.69, 9.17) is 0 Å². The van der Waals surface area contributed by atoms with E-state index in [1.54, 1.807) is 0 Å². The van der Waals surface area contributed by atoms with Crippen LogP contribution in [0.25, 0.3) is 0 Å². The van der Waals surface area contributed by atoms with E-state index >= 15 is 0 Å². The van der Waals surface area contributed by atoms with Gasteiger partial charge in [-0.1, -0.05) is 13.3 Å². The standard InChI is InChI=1S/C5H9/c1-2-5-3-4-5/h3,5H,2,4H2,1H3. The quantitative estimate of drug-likeness (QED) is 0.439. The molecular formula is C5H9. The van der Waals surface area contributed by atoms with Gasteiger partial charge in [-0.2, -0.15) is 0 Å². The van der Waals surface area contributed by atoms with Gasteiger partial charge in [-0.15, -0.1) is 0 Å². The zero-order chi connectivity index (χ0) is 3.70. The summed E-state index contributed by atoms with van der Waals surface area (Å²) in [6, 6.07) is 0. The average Bonchev–Trinajstić information content (AvgIpc) is 2.12. The Morgan fingerprint density at radius 3 is 2.60 bits per heavy atom. The number of hydrogen-bond donors (Lipinski definition) is 0. The van der Waals surface area contributed by atoms with Gasteiger partial charge in [0.1, 0.15) is 0 Å². The maximum Gasteiger partial charge on any atom is -0.0352 e. The predicted molar refractivity (Wildman–Crippen MR) is 22.7 cm³/mol. The lowest BCUT2D eigenvalue weighted by atomic mass is 10.3. The fourth-order valence-electron chi connectivity index (χ4n) is 0.430. The van der Waals surface area contributed by atoms with E-state index in [0.29, 0.717) is 0 Å². The lowest BCUT2D eigenvalue weighted by molar-refractivity contribution is 0.825. The van der Waals surface area contributed by atoms with E-state index in [2.05, 4.69) is 13.3 Å². The molecule has 5 heavy (non-hydrogen) atoms. The summed E-state index contributed by atoms with van der Waals surface area (Å²) in [5.74, 6) is 1.01. The highest BCUT2D eigenvalue weighted by Crippen LogP contribution is 2.29. The third kappa shape index (κ3) is 0.640. The maximum atomic E-state index is 2.35. The summed E-state index contributed by atoms with van der Waals surface area (Å²) < 4.78 is 0. The van der Waals surface area contributed by atoms with Crippen molar-refractivity contribution in [1.29, 1.82) is 0 Å². The molecule has 1 fully saturated rings. The molecule has 0 aromatic heterocycles. The second kappa shape index (κ2) is 1.00. The van der Waals surface area contributed by atoms with Crippen molar-refractivity contribution in [2.75, 3.05) is 0 Å². The lowest BCUT2D eigenvalue weighted by Crippen LogP contribution is -1.60. The Labute approximate surface area is 33.2 Å². The molecule has 0 heteroatoms.